The molecule has 19 heteroatoms. The lowest BCUT2D eigenvalue weighted by atomic mass is 9.96. The number of imidazole rings is 2. The smallest absolute Gasteiger partial charge is 0.407 e. The largest absolute Gasteiger partial charge is 0.464 e. The number of thiazole rings is 1. The summed E-state index contributed by atoms with van der Waals surface area (Å²) >= 11 is 1.62. The van der Waals surface area contributed by atoms with Crippen LogP contribution < -0.4 is 15.4 Å². The number of hydrogen-bond acceptors (Lipinski definition) is 11. The van der Waals surface area contributed by atoms with Gasteiger partial charge in [-0.1, -0.05) is 40.2 Å². The molecule has 6 aromatic rings. The van der Waals surface area contributed by atoms with E-state index in [2.05, 4.69) is 49.2 Å². The third-order valence-corrected chi connectivity index (χ3v) is 13.8. The van der Waals surface area contributed by atoms with Gasteiger partial charge in [-0.2, -0.15) is 0 Å². The second-order valence-corrected chi connectivity index (χ2v) is 18.8. The Morgan fingerprint density at radius 1 is 0.866 bits per heavy atom. The van der Waals surface area contributed by atoms with Gasteiger partial charge in [0.05, 0.1) is 76.7 Å². The minimum absolute atomic E-state index is 0.147. The number of nitrogens with zero attached hydrogens (tertiary/aromatic N) is 6. The van der Waals surface area contributed by atoms with Gasteiger partial charge in [-0.3, -0.25) is 14.2 Å². The van der Waals surface area contributed by atoms with Gasteiger partial charge >= 0.3 is 12.2 Å². The molecule has 10 rings (SSSR count). The van der Waals surface area contributed by atoms with Crippen LogP contribution in [0.2, 0.25) is 0 Å². The van der Waals surface area contributed by atoms with Crippen LogP contribution in [0.4, 0.5) is 14.0 Å². The number of likely N-dealkylation sites (tertiary alicyclic amines) is 2. The Morgan fingerprint density at radius 2 is 1.57 bits per heavy atom. The van der Waals surface area contributed by atoms with Crippen molar-refractivity contribution in [2.24, 2.45) is 5.92 Å². The minimum Gasteiger partial charge on any atom is -0.464 e. The fourth-order valence-corrected chi connectivity index (χ4v) is 10.1. The first-order chi connectivity index (χ1) is 32.4. The molecule has 2 saturated heterocycles. The van der Waals surface area contributed by atoms with E-state index >= 15 is 4.39 Å². The van der Waals surface area contributed by atoms with Crippen molar-refractivity contribution in [1.82, 2.24) is 49.9 Å². The molecule has 4 unspecified atom stereocenters. The molecule has 4 aliphatic rings. The predicted octanol–water partition coefficient (Wildman–Crippen LogP) is 8.59. The third-order valence-electron chi connectivity index (χ3n) is 12.6. The number of rotatable bonds is 11. The monoisotopic (exact) mass is 934 g/mol. The van der Waals surface area contributed by atoms with Crippen molar-refractivity contribution in [1.29, 1.82) is 0 Å². The van der Waals surface area contributed by atoms with Gasteiger partial charge in [0, 0.05) is 41.7 Å². The van der Waals surface area contributed by atoms with Crippen LogP contribution in [0.15, 0.2) is 55.0 Å². The van der Waals surface area contributed by atoms with Crippen molar-refractivity contribution in [3.8, 4) is 39.5 Å². The standard InChI is InChI=1S/C45H47FN10O7S.C3H8/c1-22(2)38(53-45(60)62-4)42(58)55-13-11-32(55)40-47-18-28(51-40)24-9-10-30-26(14-24)16-33-37-27(46)15-25(17-34(37)63-43(56(30)33)35-20-49-41(64-35)23-7-8-23)29-19-48-39(52-29)31-6-5-12-54(31)36(57)21-50-44(59)61-3;1-3-2/h9-10,14-20,22-23,31-32,38,43H,5-8,11-13,21H2,1-4H3,(H,47,51)(H,48,52)(H,50,59)(H,53,60);3H2,1-2H3. The van der Waals surface area contributed by atoms with Crippen LogP contribution in [0.5, 0.6) is 5.75 Å². The van der Waals surface area contributed by atoms with Gasteiger partial charge in [0.25, 0.3) is 0 Å². The molecule has 0 bridgehead atoms. The number of methoxy groups -OCH3 is 2. The molecule has 4 N–H and O–H groups in total. The molecule has 3 fully saturated rings. The first-order valence-corrected chi connectivity index (χ1v) is 23.7. The van der Waals surface area contributed by atoms with E-state index in [0.717, 1.165) is 57.7 Å². The second-order valence-electron chi connectivity index (χ2n) is 17.7. The number of aromatic nitrogens is 6. The number of alkyl carbamates (subject to hydrolysis) is 2. The Bertz CT molecular complexity index is 2830. The number of H-pyrrole nitrogens is 2. The lowest BCUT2D eigenvalue weighted by Gasteiger charge is -2.42. The minimum atomic E-state index is -0.734. The summed E-state index contributed by atoms with van der Waals surface area (Å²) in [5, 5.41) is 7.06. The molecule has 4 amide bonds. The molecular formula is C48H55FN10O7S. The number of fused-ring (bicyclic) bond motifs is 5. The molecule has 3 aliphatic heterocycles. The number of halogens is 1. The summed E-state index contributed by atoms with van der Waals surface area (Å²) in [5.41, 5.74) is 4.56. The summed E-state index contributed by atoms with van der Waals surface area (Å²) in [5.74, 6) is 0.975. The topological polar surface area (TPSA) is 202 Å². The van der Waals surface area contributed by atoms with Gasteiger partial charge in [0.1, 0.15) is 35.8 Å². The van der Waals surface area contributed by atoms with Gasteiger partial charge in [-0.15, -0.1) is 11.3 Å². The van der Waals surface area contributed by atoms with E-state index in [0.29, 0.717) is 65.3 Å². The quantitative estimate of drug-likeness (QED) is 0.0975. The van der Waals surface area contributed by atoms with E-state index in [1.807, 2.05) is 54.9 Å². The van der Waals surface area contributed by atoms with Crippen molar-refractivity contribution in [3.05, 3.63) is 82.3 Å². The molecule has 7 heterocycles. The summed E-state index contributed by atoms with van der Waals surface area (Å²) < 4.78 is 35.0. The fourth-order valence-electron chi connectivity index (χ4n) is 9.01. The first-order valence-electron chi connectivity index (χ1n) is 22.9. The summed E-state index contributed by atoms with van der Waals surface area (Å²) in [4.78, 5) is 75.4. The van der Waals surface area contributed by atoms with E-state index in [9.17, 15) is 19.2 Å². The molecular weight excluding hydrogens is 880 g/mol. The summed E-state index contributed by atoms with van der Waals surface area (Å²) in [7, 11) is 2.51. The van der Waals surface area contributed by atoms with Crippen LogP contribution in [0.1, 0.15) is 112 Å². The summed E-state index contributed by atoms with van der Waals surface area (Å²) in [6.07, 6.45) is 8.94. The highest BCUT2D eigenvalue weighted by molar-refractivity contribution is 7.11. The first kappa shape index (κ1) is 45.4. The molecule has 4 aromatic heterocycles. The van der Waals surface area contributed by atoms with Crippen molar-refractivity contribution < 1.29 is 37.8 Å². The molecule has 4 atom stereocenters. The van der Waals surface area contributed by atoms with Crippen LogP contribution in [0.25, 0.3) is 44.7 Å². The highest BCUT2D eigenvalue weighted by atomic mass is 32.1. The van der Waals surface area contributed by atoms with Crippen molar-refractivity contribution in [2.45, 2.75) is 96.5 Å². The van der Waals surface area contributed by atoms with Crippen molar-refractivity contribution in [2.75, 3.05) is 33.9 Å². The number of aromatic amines is 2. The molecule has 352 valence electrons. The molecule has 0 spiro atoms. The molecule has 67 heavy (non-hydrogen) atoms. The number of nitrogens with one attached hydrogen (secondary N) is 4. The van der Waals surface area contributed by atoms with Gasteiger partial charge in [0.15, 0.2) is 0 Å². The average Bonchev–Trinajstić information content (AvgIpc) is 3.89. The Balaban J connectivity index is 0.00000183. The highest BCUT2D eigenvalue weighted by Crippen LogP contribution is 2.50. The van der Waals surface area contributed by atoms with Gasteiger partial charge in [-0.25, -0.2) is 28.9 Å². The van der Waals surface area contributed by atoms with Crippen molar-refractivity contribution in [3.63, 3.8) is 0 Å². The predicted molar refractivity (Wildman–Crippen MR) is 249 cm³/mol. The van der Waals surface area contributed by atoms with E-state index in [4.69, 9.17) is 14.5 Å². The Hall–Kier alpha value is -6.76. The summed E-state index contributed by atoms with van der Waals surface area (Å²) in [6, 6.07) is 9.98. The third kappa shape index (κ3) is 8.83. The van der Waals surface area contributed by atoms with Gasteiger partial charge in [0.2, 0.25) is 18.0 Å². The highest BCUT2D eigenvalue weighted by Gasteiger charge is 2.41. The normalized spacial score (nSPS) is 18.8. The SMILES string of the molecule is CCC.COC(=O)NCC(=O)N1CCCC1c1ncc(-c2cc(F)c3c(c2)OC(c2cnc(C4CC4)s2)n2c-3cc3cc(-c4cnc(C5CCN5C(=O)C(NC(=O)OC)C(C)C)[nH]4)ccc32)[nH]1. The van der Waals surface area contributed by atoms with E-state index in [-0.39, 0.29) is 36.4 Å². The van der Waals surface area contributed by atoms with Crippen LogP contribution >= 0.6 is 11.3 Å². The lowest BCUT2D eigenvalue weighted by molar-refractivity contribution is -0.142. The number of hydrogen-bond donors (Lipinski definition) is 4. The van der Waals surface area contributed by atoms with Crippen LogP contribution in [-0.4, -0.2) is 103 Å². The Kier molecular flexibility index (Phi) is 12.8. The van der Waals surface area contributed by atoms with E-state index in [1.54, 1.807) is 33.5 Å². The molecule has 1 aliphatic carbocycles. The maximum atomic E-state index is 16.7. The molecule has 0 radical (unpaired) electrons. The van der Waals surface area contributed by atoms with E-state index in [1.165, 1.54) is 26.7 Å². The average molecular weight is 935 g/mol. The Morgan fingerprint density at radius 3 is 2.22 bits per heavy atom. The van der Waals surface area contributed by atoms with E-state index < -0.39 is 30.3 Å². The van der Waals surface area contributed by atoms with Crippen LogP contribution in [-0.2, 0) is 19.1 Å². The molecule has 2 aromatic carbocycles. The molecule has 17 nitrogen and oxygen atoms in total. The van der Waals surface area contributed by atoms with Crippen LogP contribution in [0, 0.1) is 11.7 Å². The van der Waals surface area contributed by atoms with Gasteiger partial charge in [-0.05, 0) is 68.4 Å². The maximum Gasteiger partial charge on any atom is 0.407 e. The molecule has 1 saturated carbocycles. The van der Waals surface area contributed by atoms with Crippen molar-refractivity contribution >= 4 is 46.2 Å². The number of ether oxygens (including phenoxy) is 3. The van der Waals surface area contributed by atoms with Gasteiger partial charge < -0.3 is 44.6 Å². The van der Waals surface area contributed by atoms with Crippen LogP contribution in [0.3, 0.4) is 0 Å². The maximum absolute atomic E-state index is 16.7. The lowest BCUT2D eigenvalue weighted by Crippen LogP contribution is -2.56. The summed E-state index contributed by atoms with van der Waals surface area (Å²) in [6.45, 7) is 8.86. The second kappa shape index (κ2) is 18.9. The fraction of sp³-hybridized carbons (Fsp3) is 0.438. The zero-order chi connectivity index (χ0) is 47.1. The number of carbonyl (C=O) groups is 4. The zero-order valence-corrected chi connectivity index (χ0v) is 39.2. The number of amides is 4. The Labute approximate surface area is 390 Å². The zero-order valence-electron chi connectivity index (χ0n) is 38.4. The number of benzene rings is 2. The number of carbonyl (C=O) groups excluding carboxylic acids is 4.